The lowest BCUT2D eigenvalue weighted by molar-refractivity contribution is -0.119. The Labute approximate surface area is 278 Å². The molecule has 0 unspecified atom stereocenters. The van der Waals surface area contributed by atoms with Gasteiger partial charge in [0.2, 0.25) is 5.91 Å². The van der Waals surface area contributed by atoms with Crippen molar-refractivity contribution in [2.45, 2.75) is 91.8 Å². The molecule has 2 N–H and O–H groups in total. The number of carbonyl (C=O) groups excluding carboxylic acids is 3. The average molecular weight is 638 g/mol. The van der Waals surface area contributed by atoms with Crippen molar-refractivity contribution in [3.8, 4) is 0 Å². The highest BCUT2D eigenvalue weighted by atomic mass is 16.6. The smallest absolute Gasteiger partial charge is 0.408 e. The van der Waals surface area contributed by atoms with E-state index in [0.29, 0.717) is 17.9 Å². The first-order chi connectivity index (χ1) is 22.4. The lowest BCUT2D eigenvalue weighted by atomic mass is 9.82. The zero-order valence-corrected chi connectivity index (χ0v) is 28.4. The molecule has 9 nitrogen and oxygen atoms in total. The molecule has 4 amide bonds. The SMILES string of the molecule is Cc1ccc2c(c1)N(c1ccc(NC(=O)[C@@H](NC(=O)OC(C)(C)C)C(C)C)cc1)C(=O)N(Cc1ccccc1)N=C2C1CCCCC1. The number of rotatable bonds is 8. The van der Waals surface area contributed by atoms with E-state index >= 15 is 0 Å². The summed E-state index contributed by atoms with van der Waals surface area (Å²) in [5, 5.41) is 12.3. The summed E-state index contributed by atoms with van der Waals surface area (Å²) in [6, 6.07) is 22.3. The summed E-state index contributed by atoms with van der Waals surface area (Å²) in [6.45, 7) is 11.4. The molecule has 3 aromatic carbocycles. The Hall–Kier alpha value is -4.66. The molecular weight excluding hydrogens is 590 g/mol. The number of fused-ring (bicyclic) bond motifs is 1. The van der Waals surface area contributed by atoms with Gasteiger partial charge in [-0.1, -0.05) is 75.6 Å². The zero-order chi connectivity index (χ0) is 33.7. The fraction of sp³-hybridized carbons (Fsp3) is 0.421. The Morgan fingerprint density at radius 2 is 1.64 bits per heavy atom. The number of ether oxygens (including phenoxy) is 1. The van der Waals surface area contributed by atoms with E-state index in [4.69, 9.17) is 9.84 Å². The standard InChI is InChI=1S/C38H47N5O4/c1-25(2)33(40-36(45)47-38(4,5)6)35(44)39-29-18-20-30(21-19-29)43-32-23-26(3)17-22-31(32)34(28-15-11-8-12-16-28)41-42(37(43)46)24-27-13-9-7-10-14-27/h7,9-10,13-14,17-23,25,28,33H,8,11-12,15-16,24H2,1-6H3,(H,39,44)(H,40,45)/t33-/m0/s1. The van der Waals surface area contributed by atoms with Crippen LogP contribution in [0.1, 0.15) is 83.4 Å². The number of aryl methyl sites for hydroxylation is 1. The maximum Gasteiger partial charge on any atom is 0.408 e. The molecule has 0 aromatic heterocycles. The van der Waals surface area contributed by atoms with Gasteiger partial charge < -0.3 is 15.4 Å². The van der Waals surface area contributed by atoms with Crippen LogP contribution in [0.2, 0.25) is 0 Å². The maximum absolute atomic E-state index is 14.5. The Balaban J connectivity index is 1.46. The summed E-state index contributed by atoms with van der Waals surface area (Å²) in [6.07, 6.45) is 4.98. The topological polar surface area (TPSA) is 103 Å². The number of hydrogen-bond donors (Lipinski definition) is 2. The largest absolute Gasteiger partial charge is 0.444 e. The highest BCUT2D eigenvalue weighted by Gasteiger charge is 2.34. The number of amides is 4. The van der Waals surface area contributed by atoms with Crippen LogP contribution in [0.5, 0.6) is 0 Å². The van der Waals surface area contributed by atoms with E-state index in [-0.39, 0.29) is 23.8 Å². The molecule has 1 aliphatic carbocycles. The van der Waals surface area contributed by atoms with Crippen LogP contribution in [0.3, 0.4) is 0 Å². The van der Waals surface area contributed by atoms with Crippen molar-refractivity contribution in [1.29, 1.82) is 0 Å². The van der Waals surface area contributed by atoms with Crippen molar-refractivity contribution >= 4 is 40.8 Å². The first-order valence-electron chi connectivity index (χ1n) is 16.6. The van der Waals surface area contributed by atoms with E-state index in [1.165, 1.54) is 6.42 Å². The fourth-order valence-corrected chi connectivity index (χ4v) is 6.16. The monoisotopic (exact) mass is 637 g/mol. The molecule has 248 valence electrons. The van der Waals surface area contributed by atoms with Gasteiger partial charge in [0.1, 0.15) is 11.6 Å². The second kappa shape index (κ2) is 14.4. The molecule has 0 saturated heterocycles. The maximum atomic E-state index is 14.5. The molecular formula is C38H47N5O4. The Bertz CT molecular complexity index is 1610. The molecule has 0 spiro atoms. The van der Waals surface area contributed by atoms with Crippen LogP contribution < -0.4 is 15.5 Å². The van der Waals surface area contributed by atoms with Gasteiger partial charge in [-0.3, -0.25) is 9.69 Å². The molecule has 3 aromatic rings. The molecule has 1 atom stereocenters. The summed E-state index contributed by atoms with van der Waals surface area (Å²) >= 11 is 0. The van der Waals surface area contributed by atoms with Gasteiger partial charge in [0, 0.05) is 17.2 Å². The molecule has 1 aliphatic heterocycles. The van der Waals surface area contributed by atoms with Gasteiger partial charge in [0.15, 0.2) is 0 Å². The zero-order valence-electron chi connectivity index (χ0n) is 28.4. The molecule has 47 heavy (non-hydrogen) atoms. The number of hydrogen-bond acceptors (Lipinski definition) is 5. The second-order valence-corrected chi connectivity index (χ2v) is 13.9. The van der Waals surface area contributed by atoms with Crippen LogP contribution in [0, 0.1) is 18.8 Å². The van der Waals surface area contributed by atoms with Crippen LogP contribution in [0.15, 0.2) is 77.9 Å². The molecule has 1 heterocycles. The number of carbonyl (C=O) groups is 3. The van der Waals surface area contributed by atoms with Crippen molar-refractivity contribution in [2.24, 2.45) is 16.9 Å². The van der Waals surface area contributed by atoms with Crippen molar-refractivity contribution < 1.29 is 19.1 Å². The van der Waals surface area contributed by atoms with Crippen LogP contribution in [-0.2, 0) is 16.1 Å². The highest BCUT2D eigenvalue weighted by Crippen LogP contribution is 2.38. The van der Waals surface area contributed by atoms with Crippen LogP contribution in [0.4, 0.5) is 26.7 Å². The number of hydrazone groups is 1. The highest BCUT2D eigenvalue weighted by molar-refractivity contribution is 6.14. The number of nitrogens with one attached hydrogen (secondary N) is 2. The second-order valence-electron chi connectivity index (χ2n) is 13.9. The summed E-state index contributed by atoms with van der Waals surface area (Å²) in [5.41, 5.74) is 5.29. The van der Waals surface area contributed by atoms with Crippen molar-refractivity contribution in [3.05, 3.63) is 89.5 Å². The van der Waals surface area contributed by atoms with E-state index in [9.17, 15) is 14.4 Å². The molecule has 0 bridgehead atoms. The van der Waals surface area contributed by atoms with Crippen molar-refractivity contribution in [1.82, 2.24) is 10.3 Å². The van der Waals surface area contributed by atoms with E-state index < -0.39 is 17.7 Å². The predicted molar refractivity (Wildman–Crippen MR) is 187 cm³/mol. The normalized spacial score (nSPS) is 16.2. The van der Waals surface area contributed by atoms with Gasteiger partial charge >= 0.3 is 12.1 Å². The minimum Gasteiger partial charge on any atom is -0.444 e. The van der Waals surface area contributed by atoms with E-state index in [2.05, 4.69) is 28.8 Å². The van der Waals surface area contributed by atoms with Crippen molar-refractivity contribution in [2.75, 3.05) is 10.2 Å². The number of anilines is 3. The summed E-state index contributed by atoms with van der Waals surface area (Å²) in [4.78, 5) is 41.9. The molecule has 9 heteroatoms. The third-order valence-electron chi connectivity index (χ3n) is 8.49. The summed E-state index contributed by atoms with van der Waals surface area (Å²) < 4.78 is 5.37. The van der Waals surface area contributed by atoms with Gasteiger partial charge in [-0.2, -0.15) is 5.10 Å². The van der Waals surface area contributed by atoms with Crippen molar-refractivity contribution in [3.63, 3.8) is 0 Å². The van der Waals surface area contributed by atoms with Crippen LogP contribution >= 0.6 is 0 Å². The van der Waals surface area contributed by atoms with E-state index in [0.717, 1.165) is 53.8 Å². The first kappa shape index (κ1) is 33.7. The minimum absolute atomic E-state index is 0.176. The fourth-order valence-electron chi connectivity index (χ4n) is 6.16. The van der Waals surface area contributed by atoms with Crippen LogP contribution in [-0.4, -0.2) is 40.4 Å². The predicted octanol–water partition coefficient (Wildman–Crippen LogP) is 8.54. The number of alkyl carbamates (subject to hydrolysis) is 1. The molecule has 0 radical (unpaired) electrons. The van der Waals surface area contributed by atoms with Crippen LogP contribution in [0.25, 0.3) is 0 Å². The number of nitrogens with zero attached hydrogens (tertiary/aromatic N) is 3. The summed E-state index contributed by atoms with van der Waals surface area (Å²) in [7, 11) is 0. The lowest BCUT2D eigenvalue weighted by Crippen LogP contribution is -2.48. The number of benzene rings is 3. The average Bonchev–Trinajstić information content (AvgIpc) is 3.14. The van der Waals surface area contributed by atoms with Gasteiger partial charge in [0.25, 0.3) is 0 Å². The van der Waals surface area contributed by atoms with Gasteiger partial charge in [-0.25, -0.2) is 14.6 Å². The Morgan fingerprint density at radius 3 is 2.28 bits per heavy atom. The summed E-state index contributed by atoms with van der Waals surface area (Å²) in [5.74, 6) is -0.257. The third-order valence-corrected chi connectivity index (χ3v) is 8.49. The Morgan fingerprint density at radius 1 is 0.957 bits per heavy atom. The molecule has 5 rings (SSSR count). The minimum atomic E-state index is -0.798. The first-order valence-corrected chi connectivity index (χ1v) is 16.6. The molecule has 2 aliphatic rings. The quantitative estimate of drug-likeness (QED) is 0.258. The van der Waals surface area contributed by atoms with Gasteiger partial charge in [0.05, 0.1) is 23.6 Å². The van der Waals surface area contributed by atoms with Gasteiger partial charge in [-0.15, -0.1) is 0 Å². The van der Waals surface area contributed by atoms with E-state index in [1.54, 1.807) is 42.8 Å². The Kier molecular flexibility index (Phi) is 10.3. The van der Waals surface area contributed by atoms with E-state index in [1.807, 2.05) is 63.2 Å². The third kappa shape index (κ3) is 8.39. The lowest BCUT2D eigenvalue weighted by Gasteiger charge is -2.27. The van der Waals surface area contributed by atoms with Gasteiger partial charge in [-0.05, 0) is 87.9 Å². The number of urea groups is 1. The molecule has 1 saturated carbocycles. The molecule has 1 fully saturated rings.